The molecule has 0 N–H and O–H groups in total. The van der Waals surface area contributed by atoms with Crippen LogP contribution in [0.3, 0.4) is 0 Å². The molecule has 0 rings (SSSR count). The number of hydrogen-bond acceptors (Lipinski definition) is 0. The third-order valence-electron chi connectivity index (χ3n) is 10.5. The van der Waals surface area contributed by atoms with Crippen molar-refractivity contribution >= 4 is 6.63 Å². The fourth-order valence-electron chi connectivity index (χ4n) is 7.24. The second-order valence-electron chi connectivity index (χ2n) is 15.1. The first-order chi connectivity index (χ1) is 21.7. The zero-order valence-corrected chi connectivity index (χ0v) is 33.8. The molecular weight excluding hydrogens is 585 g/mol. The predicted octanol–water partition coefficient (Wildman–Crippen LogP) is 16.6. The molecule has 0 aromatic rings. The van der Waals surface area contributed by atoms with E-state index in [1.165, 1.54) is 231 Å². The number of rotatable bonds is 39. The van der Waals surface area contributed by atoms with Gasteiger partial charge in [-0.25, -0.2) is 0 Å². The van der Waals surface area contributed by atoms with Crippen molar-refractivity contribution in [3.63, 3.8) is 0 Å². The van der Waals surface area contributed by atoms with Gasteiger partial charge in [0.15, 0.2) is 0 Å². The molecule has 0 aromatic carbocycles. The molecule has 0 spiro atoms. The molecule has 0 heterocycles. The summed E-state index contributed by atoms with van der Waals surface area (Å²) >= 11 is 3.95. The minimum Gasteiger partial charge on any atom is -0.0654 e. The number of hydrogen-bond donors (Lipinski definition) is 0. The molecule has 0 aliphatic carbocycles. The summed E-state index contributed by atoms with van der Waals surface area (Å²) in [6.07, 6.45) is 53.2. The monoisotopic (exact) mass is 672 g/mol. The average Bonchev–Trinajstić information content (AvgIpc) is 3.02. The van der Waals surface area contributed by atoms with Crippen molar-refractivity contribution in [3.8, 4) is 0 Å². The third-order valence-corrected chi connectivity index (χ3v) is 17.1. The van der Waals surface area contributed by atoms with E-state index in [0.29, 0.717) is 0 Å². The van der Waals surface area contributed by atoms with Gasteiger partial charge in [-0.2, -0.15) is 0 Å². The van der Waals surface area contributed by atoms with Crippen LogP contribution in [0.2, 0.25) is 18.1 Å². The van der Waals surface area contributed by atoms with E-state index in [2.05, 4.69) is 36.4 Å². The van der Waals surface area contributed by atoms with Gasteiger partial charge in [0, 0.05) is 0 Å². The molecule has 0 amide bonds. The summed E-state index contributed by atoms with van der Waals surface area (Å²) in [5.74, 6) is 0. The van der Waals surface area contributed by atoms with Gasteiger partial charge in [0.05, 0.1) is 0 Å². The van der Waals surface area contributed by atoms with Gasteiger partial charge in [-0.1, -0.05) is 59.3 Å². The first kappa shape index (κ1) is 44.7. The minimum atomic E-state index is -1.17. The molecule has 0 aliphatic heterocycles. The number of unbranched alkanes of at least 4 members (excludes halogenated alkanes) is 33. The standard InChI is InChI=1S/C42H87Si.Cr/c1-4-7-10-13-16-19-22-25-28-31-34-37-40-43(41-38-35-32-29-26-23-20-17-14-11-8-5-2)42-39-36-33-30-27-24-21-18-15-12-9-6-3;/h4-42H2,1-3H3;. The van der Waals surface area contributed by atoms with Crippen LogP contribution in [0, 0.1) is 0 Å². The molecule has 0 atom stereocenters. The van der Waals surface area contributed by atoms with Gasteiger partial charge in [-0.15, -0.1) is 0 Å². The van der Waals surface area contributed by atoms with E-state index in [0.717, 1.165) is 0 Å². The molecule has 265 valence electrons. The molecule has 0 bridgehead atoms. The van der Waals surface area contributed by atoms with E-state index in [4.69, 9.17) is 0 Å². The molecule has 2 heteroatoms. The van der Waals surface area contributed by atoms with Crippen molar-refractivity contribution in [2.75, 3.05) is 0 Å². The molecular formula is C42H87CrSi. The summed E-state index contributed by atoms with van der Waals surface area (Å²) in [4.78, 5) is 0. The summed E-state index contributed by atoms with van der Waals surface area (Å²) in [5.41, 5.74) is 0. The Hall–Kier alpha value is 0.749. The van der Waals surface area contributed by atoms with Gasteiger partial charge in [0.25, 0.3) is 0 Å². The van der Waals surface area contributed by atoms with E-state index in [9.17, 15) is 0 Å². The normalized spacial score (nSPS) is 12.0. The second-order valence-corrected chi connectivity index (χ2v) is 23.0. The maximum atomic E-state index is 3.95. The van der Waals surface area contributed by atoms with E-state index < -0.39 is 6.63 Å². The molecule has 0 saturated carbocycles. The van der Waals surface area contributed by atoms with E-state index in [1.54, 1.807) is 18.1 Å². The van der Waals surface area contributed by atoms with Crippen molar-refractivity contribution < 1.29 is 15.6 Å². The van der Waals surface area contributed by atoms with Crippen molar-refractivity contribution in [1.82, 2.24) is 0 Å². The zero-order chi connectivity index (χ0) is 32.1. The van der Waals surface area contributed by atoms with Crippen LogP contribution in [0.15, 0.2) is 0 Å². The second kappa shape index (κ2) is 38.2. The van der Waals surface area contributed by atoms with Crippen molar-refractivity contribution in [2.24, 2.45) is 0 Å². The quantitative estimate of drug-likeness (QED) is 0.0451. The van der Waals surface area contributed by atoms with Crippen LogP contribution < -0.4 is 0 Å². The van der Waals surface area contributed by atoms with E-state index in [1.807, 2.05) is 0 Å². The van der Waals surface area contributed by atoms with Crippen LogP contribution in [-0.4, -0.2) is 6.63 Å². The zero-order valence-electron chi connectivity index (χ0n) is 31.5. The Morgan fingerprint density at radius 2 is 0.364 bits per heavy atom. The van der Waals surface area contributed by atoms with Gasteiger partial charge in [0.2, 0.25) is 0 Å². The van der Waals surface area contributed by atoms with E-state index >= 15 is 0 Å². The molecule has 44 heavy (non-hydrogen) atoms. The Bertz CT molecular complexity index is 437. The van der Waals surface area contributed by atoms with Crippen LogP contribution in [0.4, 0.5) is 0 Å². The van der Waals surface area contributed by atoms with Crippen LogP contribution in [0.1, 0.15) is 252 Å². The Labute approximate surface area is 291 Å². The average molecular weight is 672 g/mol. The molecule has 0 unspecified atom stereocenters. The Balaban J connectivity index is 4.06. The summed E-state index contributed by atoms with van der Waals surface area (Å²) in [7, 11) is 0. The minimum absolute atomic E-state index is 1.17. The maximum absolute atomic E-state index is 3.95. The molecule has 0 fully saturated rings. The van der Waals surface area contributed by atoms with Crippen molar-refractivity contribution in [3.05, 3.63) is 0 Å². The van der Waals surface area contributed by atoms with Crippen LogP contribution in [0.5, 0.6) is 0 Å². The fraction of sp³-hybridized carbons (Fsp3) is 1.00. The first-order valence-corrected chi connectivity index (χ1v) is 25.8. The third kappa shape index (κ3) is 35.6. The van der Waals surface area contributed by atoms with Crippen LogP contribution in [-0.2, 0) is 15.6 Å². The molecule has 0 nitrogen and oxygen atoms in total. The SMILES string of the molecule is CCCCCCCCCCCCCC[Si]([Cr])(CCCCCCCCCCCCCC)CCCCCCCCCCCCCC. The van der Waals surface area contributed by atoms with Crippen LogP contribution in [0.25, 0.3) is 0 Å². The van der Waals surface area contributed by atoms with Crippen molar-refractivity contribution in [1.29, 1.82) is 0 Å². The van der Waals surface area contributed by atoms with Crippen LogP contribution >= 0.6 is 0 Å². The molecule has 0 aromatic heterocycles. The predicted molar refractivity (Wildman–Crippen MR) is 203 cm³/mol. The summed E-state index contributed by atoms with van der Waals surface area (Å²) in [6.45, 7) is 5.80. The van der Waals surface area contributed by atoms with Crippen molar-refractivity contribution in [2.45, 2.75) is 270 Å². The van der Waals surface area contributed by atoms with Gasteiger partial charge in [-0.05, 0) is 0 Å². The smallest absolute Gasteiger partial charge is 0.0654 e. The molecule has 0 aliphatic rings. The van der Waals surface area contributed by atoms with Gasteiger partial charge < -0.3 is 0 Å². The van der Waals surface area contributed by atoms with Gasteiger partial charge >= 0.3 is 233 Å². The Morgan fingerprint density at radius 1 is 0.227 bits per heavy atom. The first-order valence-electron chi connectivity index (χ1n) is 21.4. The topological polar surface area (TPSA) is 0 Å². The fourth-order valence-corrected chi connectivity index (χ4v) is 12.7. The molecule has 0 saturated heterocycles. The summed E-state index contributed by atoms with van der Waals surface area (Å²) in [5, 5.41) is 0. The van der Waals surface area contributed by atoms with Gasteiger partial charge in [-0.3, -0.25) is 0 Å². The Morgan fingerprint density at radius 3 is 0.523 bits per heavy atom. The van der Waals surface area contributed by atoms with E-state index in [-0.39, 0.29) is 0 Å². The van der Waals surface area contributed by atoms with Gasteiger partial charge in [0.1, 0.15) is 0 Å². The summed E-state index contributed by atoms with van der Waals surface area (Å²) < 4.78 is 0. The molecule has 0 radical (unpaired) electrons. The Kier molecular flexibility index (Phi) is 38.9. The summed E-state index contributed by atoms with van der Waals surface area (Å²) in [6, 6.07) is 4.75.